The largest absolute Gasteiger partial charge is 0.478 e. The minimum absolute atomic E-state index is 0.265. The highest BCUT2D eigenvalue weighted by Gasteiger charge is 2.01. The molecular weight excluding hydrogens is 271 g/mol. The molecule has 0 spiro atoms. The molecule has 1 N–H and O–H groups in total. The summed E-state index contributed by atoms with van der Waals surface area (Å²) in [5.41, 5.74) is 0.265. The van der Waals surface area contributed by atoms with E-state index in [2.05, 4.69) is 0 Å². The molecule has 4 heteroatoms. The predicted octanol–water partition coefficient (Wildman–Crippen LogP) is 2.37. The molecule has 0 bridgehead atoms. The zero-order chi connectivity index (χ0) is 9.14. The Bertz CT molecular complexity index is 325. The van der Waals surface area contributed by atoms with Crippen LogP contribution >= 0.6 is 22.6 Å². The summed E-state index contributed by atoms with van der Waals surface area (Å²) in [4.78, 5) is 10.4. The third kappa shape index (κ3) is 2.37. The van der Waals surface area contributed by atoms with E-state index in [1.807, 2.05) is 22.6 Å². The highest BCUT2D eigenvalue weighted by Crippen LogP contribution is 2.13. The lowest BCUT2D eigenvalue weighted by atomic mass is 10.2. The number of halogens is 1. The Labute approximate surface area is 83.2 Å². The molecule has 1 aromatic rings. The van der Waals surface area contributed by atoms with E-state index in [4.69, 9.17) is 9.52 Å². The summed E-state index contributed by atoms with van der Waals surface area (Å²) in [6, 6.07) is 3.51. The van der Waals surface area contributed by atoms with Crippen molar-refractivity contribution in [3.05, 3.63) is 27.2 Å². The van der Waals surface area contributed by atoms with Gasteiger partial charge in [0, 0.05) is 5.57 Å². The molecule has 3 nitrogen and oxygen atoms in total. The summed E-state index contributed by atoms with van der Waals surface area (Å²) in [7, 11) is 0. The fourth-order valence-corrected chi connectivity index (χ4v) is 1.12. The second-order valence-corrected chi connectivity index (χ2v) is 3.34. The van der Waals surface area contributed by atoms with Crippen molar-refractivity contribution in [2.45, 2.75) is 6.92 Å². The summed E-state index contributed by atoms with van der Waals surface area (Å²) in [5, 5.41) is 8.54. The molecule has 0 unspecified atom stereocenters. The second-order valence-electron chi connectivity index (χ2n) is 2.27. The van der Waals surface area contributed by atoms with Gasteiger partial charge in [-0.3, -0.25) is 0 Å². The third-order valence-corrected chi connectivity index (χ3v) is 1.87. The molecule has 0 aromatic carbocycles. The predicted molar refractivity (Wildman–Crippen MR) is 52.7 cm³/mol. The Morgan fingerprint density at radius 2 is 2.33 bits per heavy atom. The van der Waals surface area contributed by atoms with E-state index in [1.165, 1.54) is 13.0 Å². The molecule has 1 rings (SSSR count). The van der Waals surface area contributed by atoms with Gasteiger partial charge in [-0.15, -0.1) is 0 Å². The molecule has 64 valence electrons. The van der Waals surface area contributed by atoms with Crippen LogP contribution in [0.5, 0.6) is 0 Å². The second kappa shape index (κ2) is 3.75. The first-order chi connectivity index (χ1) is 5.59. The fourth-order valence-electron chi connectivity index (χ4n) is 0.681. The van der Waals surface area contributed by atoms with Crippen molar-refractivity contribution in [3.63, 3.8) is 0 Å². The number of hydrogen-bond acceptors (Lipinski definition) is 2. The highest BCUT2D eigenvalue weighted by molar-refractivity contribution is 14.1. The smallest absolute Gasteiger partial charge is 0.331 e. The molecule has 1 heterocycles. The van der Waals surface area contributed by atoms with Gasteiger partial charge in [-0.05, 0) is 47.7 Å². The lowest BCUT2D eigenvalue weighted by Gasteiger charge is -1.89. The van der Waals surface area contributed by atoms with Crippen molar-refractivity contribution in [2.75, 3.05) is 0 Å². The average molecular weight is 278 g/mol. The van der Waals surface area contributed by atoms with Crippen molar-refractivity contribution < 1.29 is 14.3 Å². The van der Waals surface area contributed by atoms with E-state index >= 15 is 0 Å². The van der Waals surface area contributed by atoms with Crippen molar-refractivity contribution in [1.29, 1.82) is 0 Å². The molecule has 0 radical (unpaired) electrons. The van der Waals surface area contributed by atoms with E-state index in [0.29, 0.717) is 5.76 Å². The van der Waals surface area contributed by atoms with Crippen LogP contribution in [0.4, 0.5) is 0 Å². The van der Waals surface area contributed by atoms with E-state index in [9.17, 15) is 4.79 Å². The SMILES string of the molecule is C/C(=C/c1ccc(I)o1)C(=O)O. The Kier molecular flexibility index (Phi) is 2.91. The number of rotatable bonds is 2. The van der Waals surface area contributed by atoms with Crippen LogP contribution in [0.3, 0.4) is 0 Å². The first-order valence-electron chi connectivity index (χ1n) is 3.26. The molecule has 0 aliphatic carbocycles. The zero-order valence-electron chi connectivity index (χ0n) is 6.37. The Morgan fingerprint density at radius 1 is 1.67 bits per heavy atom. The average Bonchev–Trinajstić information content (AvgIpc) is 2.35. The van der Waals surface area contributed by atoms with Gasteiger partial charge in [0.1, 0.15) is 5.76 Å². The van der Waals surface area contributed by atoms with Crippen molar-refractivity contribution in [3.8, 4) is 0 Å². The number of carboxylic acids is 1. The number of aliphatic carboxylic acids is 1. The Balaban J connectivity index is 2.87. The van der Waals surface area contributed by atoms with Crippen LogP contribution in [-0.4, -0.2) is 11.1 Å². The minimum Gasteiger partial charge on any atom is -0.478 e. The standard InChI is InChI=1S/C8H7IO3/c1-5(8(10)11)4-6-2-3-7(9)12-6/h2-4H,1H3,(H,10,11)/b5-4-. The van der Waals surface area contributed by atoms with Crippen LogP contribution < -0.4 is 0 Å². The van der Waals surface area contributed by atoms with Crippen LogP contribution in [0.1, 0.15) is 12.7 Å². The third-order valence-electron chi connectivity index (χ3n) is 1.29. The van der Waals surface area contributed by atoms with Crippen LogP contribution in [0, 0.1) is 3.77 Å². The monoisotopic (exact) mass is 278 g/mol. The highest BCUT2D eigenvalue weighted by atomic mass is 127. The first-order valence-corrected chi connectivity index (χ1v) is 4.34. The number of carbonyl (C=O) groups is 1. The molecular formula is C8H7IO3. The van der Waals surface area contributed by atoms with Crippen LogP contribution in [0.25, 0.3) is 6.08 Å². The van der Waals surface area contributed by atoms with E-state index in [0.717, 1.165) is 3.77 Å². The molecule has 0 aliphatic rings. The van der Waals surface area contributed by atoms with Gasteiger partial charge in [-0.1, -0.05) is 0 Å². The lowest BCUT2D eigenvalue weighted by molar-refractivity contribution is -0.132. The van der Waals surface area contributed by atoms with Crippen LogP contribution in [0.2, 0.25) is 0 Å². The topological polar surface area (TPSA) is 50.4 Å². The molecule has 0 saturated carbocycles. The molecule has 12 heavy (non-hydrogen) atoms. The summed E-state index contributed by atoms with van der Waals surface area (Å²) >= 11 is 2.02. The van der Waals surface area contributed by atoms with Crippen molar-refractivity contribution >= 4 is 34.6 Å². The molecule has 0 aliphatic heterocycles. The molecule has 0 atom stereocenters. The van der Waals surface area contributed by atoms with Gasteiger partial charge in [-0.2, -0.15) is 0 Å². The van der Waals surface area contributed by atoms with Gasteiger partial charge >= 0.3 is 5.97 Å². The summed E-state index contributed by atoms with van der Waals surface area (Å²) in [6.45, 7) is 1.53. The normalized spacial score (nSPS) is 11.7. The van der Waals surface area contributed by atoms with E-state index in [1.54, 1.807) is 12.1 Å². The van der Waals surface area contributed by atoms with E-state index in [-0.39, 0.29) is 5.57 Å². The zero-order valence-corrected chi connectivity index (χ0v) is 8.53. The quantitative estimate of drug-likeness (QED) is 0.667. The molecule has 0 amide bonds. The first kappa shape index (κ1) is 9.31. The van der Waals surface area contributed by atoms with Gasteiger partial charge < -0.3 is 9.52 Å². The lowest BCUT2D eigenvalue weighted by Crippen LogP contribution is -1.94. The molecule has 1 aromatic heterocycles. The van der Waals surface area contributed by atoms with Gasteiger partial charge in [0.15, 0.2) is 3.77 Å². The van der Waals surface area contributed by atoms with Gasteiger partial charge in [0.05, 0.1) is 0 Å². The maximum Gasteiger partial charge on any atom is 0.331 e. The molecule has 0 saturated heterocycles. The van der Waals surface area contributed by atoms with Gasteiger partial charge in [0.2, 0.25) is 0 Å². The summed E-state index contributed by atoms with van der Waals surface area (Å²) in [5.74, 6) is -0.360. The number of furan rings is 1. The summed E-state index contributed by atoms with van der Waals surface area (Å²) < 4.78 is 5.90. The molecule has 0 fully saturated rings. The van der Waals surface area contributed by atoms with Crippen molar-refractivity contribution in [2.24, 2.45) is 0 Å². The van der Waals surface area contributed by atoms with Crippen LogP contribution in [0.15, 0.2) is 22.1 Å². The minimum atomic E-state index is -0.929. The Hall–Kier alpha value is -0.780. The number of hydrogen-bond donors (Lipinski definition) is 1. The number of carboxylic acid groups (broad SMARTS) is 1. The van der Waals surface area contributed by atoms with E-state index < -0.39 is 5.97 Å². The fraction of sp³-hybridized carbons (Fsp3) is 0.125. The van der Waals surface area contributed by atoms with Crippen LogP contribution in [-0.2, 0) is 4.79 Å². The summed E-state index contributed by atoms with van der Waals surface area (Å²) in [6.07, 6.45) is 1.49. The van der Waals surface area contributed by atoms with Gasteiger partial charge in [-0.25, -0.2) is 4.79 Å². The van der Waals surface area contributed by atoms with Crippen molar-refractivity contribution in [1.82, 2.24) is 0 Å². The van der Waals surface area contributed by atoms with Gasteiger partial charge in [0.25, 0.3) is 0 Å². The maximum absolute atomic E-state index is 10.4. The Morgan fingerprint density at radius 3 is 2.75 bits per heavy atom. The maximum atomic E-state index is 10.4.